The molecule has 0 unspecified atom stereocenters. The van der Waals surface area contributed by atoms with Crippen LogP contribution in [-0.2, 0) is 6.42 Å². The van der Waals surface area contributed by atoms with Crippen molar-refractivity contribution in [2.45, 2.75) is 6.42 Å². The smallest absolute Gasteiger partial charge is 0.281 e. The molecule has 0 aliphatic carbocycles. The van der Waals surface area contributed by atoms with Gasteiger partial charge in [0.15, 0.2) is 5.78 Å². The van der Waals surface area contributed by atoms with Crippen molar-refractivity contribution in [3.63, 3.8) is 0 Å². The van der Waals surface area contributed by atoms with Crippen molar-refractivity contribution in [3.8, 4) is 0 Å². The van der Waals surface area contributed by atoms with Crippen LogP contribution in [0.2, 0.25) is 15.1 Å². The largest absolute Gasteiger partial charge is 0.293 e. The normalized spacial score (nSPS) is 10.4. The molecule has 0 spiro atoms. The molecule has 0 amide bonds. The van der Waals surface area contributed by atoms with E-state index >= 15 is 0 Å². The van der Waals surface area contributed by atoms with Gasteiger partial charge in [-0.05, 0) is 23.8 Å². The van der Waals surface area contributed by atoms with Crippen molar-refractivity contribution >= 4 is 46.3 Å². The fourth-order valence-electron chi connectivity index (χ4n) is 1.86. The lowest BCUT2D eigenvalue weighted by molar-refractivity contribution is -0.385. The van der Waals surface area contributed by atoms with Crippen LogP contribution in [-0.4, -0.2) is 10.7 Å². The van der Waals surface area contributed by atoms with E-state index < -0.39 is 10.7 Å². The first kappa shape index (κ1) is 15.8. The van der Waals surface area contributed by atoms with E-state index in [0.29, 0.717) is 15.6 Å². The van der Waals surface area contributed by atoms with E-state index in [-0.39, 0.29) is 22.7 Å². The molecule has 21 heavy (non-hydrogen) atoms. The maximum absolute atomic E-state index is 12.3. The average Bonchev–Trinajstić information content (AvgIpc) is 2.42. The molecule has 0 heterocycles. The number of nitro groups is 1. The Morgan fingerprint density at radius 3 is 2.38 bits per heavy atom. The predicted molar refractivity (Wildman–Crippen MR) is 82.6 cm³/mol. The molecule has 0 aliphatic heterocycles. The van der Waals surface area contributed by atoms with Gasteiger partial charge >= 0.3 is 0 Å². The number of hydrogen-bond donors (Lipinski definition) is 0. The monoisotopic (exact) mass is 343 g/mol. The first-order valence-corrected chi connectivity index (χ1v) is 6.93. The minimum Gasteiger partial charge on any atom is -0.293 e. The summed E-state index contributed by atoms with van der Waals surface area (Å²) in [5, 5.41) is 11.7. The summed E-state index contributed by atoms with van der Waals surface area (Å²) in [6, 6.07) is 8.85. The van der Waals surface area contributed by atoms with Gasteiger partial charge in [0.2, 0.25) is 0 Å². The molecule has 0 radical (unpaired) electrons. The molecule has 2 aromatic rings. The molecule has 0 bridgehead atoms. The number of nitro benzene ring substituents is 1. The first-order chi connectivity index (χ1) is 9.90. The minimum absolute atomic E-state index is 0.0502. The zero-order chi connectivity index (χ0) is 15.6. The lowest BCUT2D eigenvalue weighted by Gasteiger charge is -2.06. The van der Waals surface area contributed by atoms with Crippen LogP contribution in [0.25, 0.3) is 0 Å². The molecular formula is C14H8Cl3NO3. The molecular weight excluding hydrogens is 337 g/mol. The van der Waals surface area contributed by atoms with Crippen LogP contribution in [0, 0.1) is 10.1 Å². The lowest BCUT2D eigenvalue weighted by atomic mass is 10.0. The van der Waals surface area contributed by atoms with Crippen molar-refractivity contribution in [2.75, 3.05) is 0 Å². The van der Waals surface area contributed by atoms with E-state index in [2.05, 4.69) is 0 Å². The van der Waals surface area contributed by atoms with E-state index in [1.54, 1.807) is 18.2 Å². The van der Waals surface area contributed by atoms with Crippen LogP contribution >= 0.6 is 34.8 Å². The molecule has 0 aromatic heterocycles. The van der Waals surface area contributed by atoms with Crippen LogP contribution in [0.4, 0.5) is 5.69 Å². The van der Waals surface area contributed by atoms with E-state index in [9.17, 15) is 14.9 Å². The van der Waals surface area contributed by atoms with E-state index in [1.807, 2.05) is 0 Å². The summed E-state index contributed by atoms with van der Waals surface area (Å²) < 4.78 is 0. The van der Waals surface area contributed by atoms with Crippen molar-refractivity contribution in [1.82, 2.24) is 0 Å². The van der Waals surface area contributed by atoms with Gasteiger partial charge in [0.1, 0.15) is 5.56 Å². The third-order valence-corrected chi connectivity index (χ3v) is 3.87. The third kappa shape index (κ3) is 3.53. The fourth-order valence-corrected chi connectivity index (χ4v) is 2.46. The molecule has 108 valence electrons. The number of Topliss-reactive ketones (excluding diaryl/α,β-unsaturated/α-hetero) is 1. The highest BCUT2D eigenvalue weighted by Crippen LogP contribution is 2.29. The Balaban J connectivity index is 2.36. The standard InChI is InChI=1S/C14H8Cl3NO3/c15-9-5-4-8(6-11(9)17)7-13(19)14-10(16)2-1-3-12(14)18(20)21/h1-6H,7H2. The molecule has 0 fully saturated rings. The SMILES string of the molecule is O=C(Cc1ccc(Cl)c(Cl)c1)c1c(Cl)cccc1[N+](=O)[O-]. The van der Waals surface area contributed by atoms with Crippen molar-refractivity contribution in [2.24, 2.45) is 0 Å². The van der Waals surface area contributed by atoms with Crippen LogP contribution in [0.15, 0.2) is 36.4 Å². The summed E-state index contributed by atoms with van der Waals surface area (Å²) in [6.07, 6.45) is -0.0541. The summed E-state index contributed by atoms with van der Waals surface area (Å²) in [5.41, 5.74) is 0.186. The molecule has 4 nitrogen and oxygen atoms in total. The summed E-state index contributed by atoms with van der Waals surface area (Å²) in [5.74, 6) is -0.453. The third-order valence-electron chi connectivity index (χ3n) is 2.82. The van der Waals surface area contributed by atoms with Gasteiger partial charge in [0.05, 0.1) is 20.0 Å². The van der Waals surface area contributed by atoms with Crippen molar-refractivity contribution in [3.05, 3.63) is 72.7 Å². The van der Waals surface area contributed by atoms with Gasteiger partial charge in [-0.2, -0.15) is 0 Å². The Bertz CT molecular complexity index is 731. The van der Waals surface area contributed by atoms with E-state index in [4.69, 9.17) is 34.8 Å². The zero-order valence-corrected chi connectivity index (χ0v) is 12.7. The second-order valence-corrected chi connectivity index (χ2v) is 5.46. The van der Waals surface area contributed by atoms with Gasteiger partial charge < -0.3 is 0 Å². The molecule has 7 heteroatoms. The van der Waals surface area contributed by atoms with Gasteiger partial charge in [0.25, 0.3) is 5.69 Å². The highest BCUT2D eigenvalue weighted by atomic mass is 35.5. The number of hydrogen-bond acceptors (Lipinski definition) is 3. The number of ketones is 1. The maximum atomic E-state index is 12.3. The van der Waals surface area contributed by atoms with Gasteiger partial charge in [-0.1, -0.05) is 46.9 Å². The molecule has 0 N–H and O–H groups in total. The number of nitrogens with zero attached hydrogens (tertiary/aromatic N) is 1. The fraction of sp³-hybridized carbons (Fsp3) is 0.0714. The van der Waals surface area contributed by atoms with Crippen molar-refractivity contribution < 1.29 is 9.72 Å². The lowest BCUT2D eigenvalue weighted by Crippen LogP contribution is -2.08. The highest BCUT2D eigenvalue weighted by molar-refractivity contribution is 6.42. The minimum atomic E-state index is -0.631. The quantitative estimate of drug-likeness (QED) is 0.446. The van der Waals surface area contributed by atoms with Crippen LogP contribution in [0.5, 0.6) is 0 Å². The zero-order valence-electron chi connectivity index (χ0n) is 10.5. The second kappa shape index (κ2) is 6.43. The Hall–Kier alpha value is -1.62. The number of carbonyl (C=O) groups is 1. The Kier molecular flexibility index (Phi) is 4.83. The summed E-state index contributed by atoms with van der Waals surface area (Å²) in [7, 11) is 0. The van der Waals surface area contributed by atoms with Gasteiger partial charge in [-0.25, -0.2) is 0 Å². The molecule has 2 aromatic carbocycles. The summed E-state index contributed by atoms with van der Waals surface area (Å²) >= 11 is 17.6. The predicted octanol–water partition coefficient (Wildman–Crippen LogP) is 4.98. The number of halogens is 3. The van der Waals surface area contributed by atoms with Gasteiger partial charge in [-0.15, -0.1) is 0 Å². The molecule has 0 atom stereocenters. The van der Waals surface area contributed by atoms with Crippen LogP contribution < -0.4 is 0 Å². The molecule has 0 saturated carbocycles. The summed E-state index contributed by atoms with van der Waals surface area (Å²) in [4.78, 5) is 22.6. The topological polar surface area (TPSA) is 60.2 Å². The van der Waals surface area contributed by atoms with Gasteiger partial charge in [0, 0.05) is 12.5 Å². The maximum Gasteiger partial charge on any atom is 0.281 e. The second-order valence-electron chi connectivity index (χ2n) is 4.24. The number of benzene rings is 2. The van der Waals surface area contributed by atoms with Gasteiger partial charge in [-0.3, -0.25) is 14.9 Å². The molecule has 0 aliphatic rings. The van der Waals surface area contributed by atoms with E-state index in [1.165, 1.54) is 18.2 Å². The first-order valence-electron chi connectivity index (χ1n) is 5.80. The molecule has 0 saturated heterocycles. The number of carbonyl (C=O) groups excluding carboxylic acids is 1. The average molecular weight is 345 g/mol. The highest BCUT2D eigenvalue weighted by Gasteiger charge is 2.23. The van der Waals surface area contributed by atoms with Crippen molar-refractivity contribution in [1.29, 1.82) is 0 Å². The van der Waals surface area contributed by atoms with Crippen LogP contribution in [0.1, 0.15) is 15.9 Å². The molecule has 2 rings (SSSR count). The Labute approximate surface area is 135 Å². The number of rotatable bonds is 4. The van der Waals surface area contributed by atoms with E-state index in [0.717, 1.165) is 0 Å². The van der Waals surface area contributed by atoms with Crippen LogP contribution in [0.3, 0.4) is 0 Å². The Morgan fingerprint density at radius 2 is 1.76 bits per heavy atom. The Morgan fingerprint density at radius 1 is 1.05 bits per heavy atom. The summed E-state index contributed by atoms with van der Waals surface area (Å²) in [6.45, 7) is 0.